The fourth-order valence-corrected chi connectivity index (χ4v) is 4.97. The molecule has 8 heteroatoms. The van der Waals surface area contributed by atoms with Gasteiger partial charge in [0.25, 0.3) is 5.56 Å². The number of thiazole rings is 1. The number of aryl methyl sites for hydroxylation is 1. The standard InChI is InChI=1S/C25H26N2O5S/c1-5-9-18-21(24(29)31-6-2)22(17-10-7-8-11-19(17)30-4)27-23(28)20(33-25(27)26-18)14-16-13-12-15(3)32-16/h7-8,10-14,22H,5-6,9H2,1-4H3/b20-14-. The van der Waals surface area contributed by atoms with Crippen molar-refractivity contribution < 1.29 is 18.7 Å². The third-order valence-corrected chi connectivity index (χ3v) is 6.34. The van der Waals surface area contributed by atoms with E-state index < -0.39 is 12.0 Å². The number of carbonyl (C=O) groups is 1. The maximum Gasteiger partial charge on any atom is 0.338 e. The van der Waals surface area contributed by atoms with E-state index in [1.807, 2.05) is 50.2 Å². The Morgan fingerprint density at radius 1 is 1.24 bits per heavy atom. The molecule has 0 radical (unpaired) electrons. The van der Waals surface area contributed by atoms with Crippen molar-refractivity contribution in [3.63, 3.8) is 0 Å². The van der Waals surface area contributed by atoms with Crippen LogP contribution in [0.3, 0.4) is 0 Å². The van der Waals surface area contributed by atoms with Gasteiger partial charge < -0.3 is 13.9 Å². The van der Waals surface area contributed by atoms with Gasteiger partial charge in [0.05, 0.1) is 29.5 Å². The second-order valence-electron chi connectivity index (χ2n) is 7.60. The second-order valence-corrected chi connectivity index (χ2v) is 8.61. The number of benzene rings is 1. The first kappa shape index (κ1) is 22.8. The van der Waals surface area contributed by atoms with Gasteiger partial charge in [0, 0.05) is 11.6 Å². The van der Waals surface area contributed by atoms with Crippen LogP contribution in [0.1, 0.15) is 49.8 Å². The summed E-state index contributed by atoms with van der Waals surface area (Å²) in [6.07, 6.45) is 3.09. The van der Waals surface area contributed by atoms with Crippen LogP contribution in [0.15, 0.2) is 61.9 Å². The van der Waals surface area contributed by atoms with Gasteiger partial charge in [-0.1, -0.05) is 42.9 Å². The predicted molar refractivity (Wildman–Crippen MR) is 126 cm³/mol. The van der Waals surface area contributed by atoms with Gasteiger partial charge in [-0.2, -0.15) is 0 Å². The monoisotopic (exact) mass is 466 g/mol. The lowest BCUT2D eigenvalue weighted by Gasteiger charge is -2.26. The van der Waals surface area contributed by atoms with Crippen molar-refractivity contribution in [2.45, 2.75) is 39.7 Å². The normalized spacial score (nSPS) is 15.9. The van der Waals surface area contributed by atoms with Crippen LogP contribution in [0.25, 0.3) is 6.08 Å². The molecule has 3 heterocycles. The van der Waals surface area contributed by atoms with Crippen LogP contribution in [0, 0.1) is 6.92 Å². The molecule has 33 heavy (non-hydrogen) atoms. The fourth-order valence-electron chi connectivity index (χ4n) is 3.97. The van der Waals surface area contributed by atoms with Gasteiger partial charge in [0.2, 0.25) is 0 Å². The van der Waals surface area contributed by atoms with E-state index in [1.54, 1.807) is 24.7 Å². The molecular formula is C25H26N2O5S. The van der Waals surface area contributed by atoms with E-state index in [-0.39, 0.29) is 12.2 Å². The van der Waals surface area contributed by atoms with Crippen molar-refractivity contribution in [2.75, 3.05) is 13.7 Å². The van der Waals surface area contributed by atoms with Gasteiger partial charge in [0.15, 0.2) is 4.80 Å². The highest BCUT2D eigenvalue weighted by Gasteiger charge is 2.35. The third kappa shape index (κ3) is 4.30. The van der Waals surface area contributed by atoms with Crippen molar-refractivity contribution in [3.05, 3.63) is 84.4 Å². The SMILES string of the molecule is CCCC1=C(C(=O)OCC)C(c2ccccc2OC)n2c(s/c(=C\c3ccc(C)o3)c2=O)=N1. The first-order valence-corrected chi connectivity index (χ1v) is 11.7. The molecular weight excluding hydrogens is 440 g/mol. The summed E-state index contributed by atoms with van der Waals surface area (Å²) in [4.78, 5) is 32.1. The fraction of sp³-hybridized carbons (Fsp3) is 0.320. The molecule has 1 aliphatic heterocycles. The molecule has 172 valence electrons. The number of allylic oxidation sites excluding steroid dienone is 1. The number of methoxy groups -OCH3 is 1. The number of fused-ring (bicyclic) bond motifs is 1. The number of ether oxygens (including phenoxy) is 2. The molecule has 1 unspecified atom stereocenters. The summed E-state index contributed by atoms with van der Waals surface area (Å²) in [6, 6.07) is 10.4. The number of esters is 1. The first-order chi connectivity index (χ1) is 16.0. The van der Waals surface area contributed by atoms with E-state index in [2.05, 4.69) is 0 Å². The lowest BCUT2D eigenvalue weighted by Crippen LogP contribution is -2.40. The van der Waals surface area contributed by atoms with Gasteiger partial charge in [0.1, 0.15) is 23.3 Å². The molecule has 1 aromatic carbocycles. The Kier molecular flexibility index (Phi) is 6.65. The molecule has 2 aromatic heterocycles. The third-order valence-electron chi connectivity index (χ3n) is 5.36. The van der Waals surface area contributed by atoms with Crippen LogP contribution in [0.5, 0.6) is 5.75 Å². The summed E-state index contributed by atoms with van der Waals surface area (Å²) in [5, 5.41) is 0. The van der Waals surface area contributed by atoms with Gasteiger partial charge in [-0.25, -0.2) is 9.79 Å². The second kappa shape index (κ2) is 9.62. The lowest BCUT2D eigenvalue weighted by atomic mass is 9.93. The zero-order valence-corrected chi connectivity index (χ0v) is 19.9. The number of hydrogen-bond donors (Lipinski definition) is 0. The Labute approximate surface area is 195 Å². The Bertz CT molecular complexity index is 1390. The minimum atomic E-state index is -0.710. The quantitative estimate of drug-likeness (QED) is 0.498. The molecule has 0 amide bonds. The van der Waals surface area contributed by atoms with E-state index in [1.165, 1.54) is 11.3 Å². The maximum absolute atomic E-state index is 13.6. The van der Waals surface area contributed by atoms with Gasteiger partial charge >= 0.3 is 5.97 Å². The number of para-hydroxylation sites is 1. The summed E-state index contributed by atoms with van der Waals surface area (Å²) < 4.78 is 18.7. The molecule has 3 aromatic rings. The molecule has 1 aliphatic rings. The Balaban J connectivity index is 2.03. The van der Waals surface area contributed by atoms with Gasteiger partial charge in [-0.15, -0.1) is 0 Å². The summed E-state index contributed by atoms with van der Waals surface area (Å²) in [5.74, 6) is 1.45. The number of hydrogen-bond acceptors (Lipinski definition) is 7. The Morgan fingerprint density at radius 3 is 2.70 bits per heavy atom. The van der Waals surface area contributed by atoms with Crippen molar-refractivity contribution >= 4 is 23.4 Å². The molecule has 0 N–H and O–H groups in total. The summed E-state index contributed by atoms with van der Waals surface area (Å²) in [6.45, 7) is 5.86. The zero-order chi connectivity index (χ0) is 23.5. The van der Waals surface area contributed by atoms with Crippen LogP contribution < -0.4 is 19.6 Å². The summed E-state index contributed by atoms with van der Waals surface area (Å²) in [5.41, 5.74) is 1.46. The first-order valence-electron chi connectivity index (χ1n) is 10.9. The number of carbonyl (C=O) groups excluding carboxylic acids is 1. The van der Waals surface area contributed by atoms with Crippen molar-refractivity contribution in [2.24, 2.45) is 4.99 Å². The van der Waals surface area contributed by atoms with Gasteiger partial charge in [-0.3, -0.25) is 9.36 Å². The molecule has 0 spiro atoms. The smallest absolute Gasteiger partial charge is 0.338 e. The van der Waals surface area contributed by atoms with Gasteiger partial charge in [-0.05, 0) is 38.5 Å². The van der Waals surface area contributed by atoms with Crippen LogP contribution >= 0.6 is 11.3 Å². The highest BCUT2D eigenvalue weighted by Crippen LogP contribution is 2.36. The molecule has 0 bridgehead atoms. The van der Waals surface area contributed by atoms with Crippen molar-refractivity contribution in [1.82, 2.24) is 4.57 Å². The molecule has 0 aliphatic carbocycles. The Morgan fingerprint density at radius 2 is 2.03 bits per heavy atom. The molecule has 7 nitrogen and oxygen atoms in total. The minimum absolute atomic E-state index is 0.225. The largest absolute Gasteiger partial charge is 0.496 e. The number of nitrogens with zero attached hydrogens (tertiary/aromatic N) is 2. The van der Waals surface area contributed by atoms with Crippen LogP contribution in [-0.2, 0) is 9.53 Å². The lowest BCUT2D eigenvalue weighted by molar-refractivity contribution is -0.139. The van der Waals surface area contributed by atoms with E-state index >= 15 is 0 Å². The van der Waals surface area contributed by atoms with Crippen LogP contribution in [-0.4, -0.2) is 24.3 Å². The highest BCUT2D eigenvalue weighted by molar-refractivity contribution is 7.07. The molecule has 0 fully saturated rings. The molecule has 1 atom stereocenters. The van der Waals surface area contributed by atoms with Crippen LogP contribution in [0.2, 0.25) is 0 Å². The molecule has 0 saturated heterocycles. The van der Waals surface area contributed by atoms with Crippen molar-refractivity contribution in [3.8, 4) is 5.75 Å². The highest BCUT2D eigenvalue weighted by atomic mass is 32.1. The number of furan rings is 1. The van der Waals surface area contributed by atoms with E-state index in [0.29, 0.717) is 44.1 Å². The predicted octanol–water partition coefficient (Wildman–Crippen LogP) is 3.49. The molecule has 0 saturated carbocycles. The van der Waals surface area contributed by atoms with E-state index in [0.717, 1.165) is 12.2 Å². The average molecular weight is 467 g/mol. The van der Waals surface area contributed by atoms with E-state index in [9.17, 15) is 9.59 Å². The maximum atomic E-state index is 13.6. The van der Waals surface area contributed by atoms with Crippen LogP contribution in [0.4, 0.5) is 0 Å². The number of rotatable bonds is 7. The summed E-state index contributed by atoms with van der Waals surface area (Å²) >= 11 is 1.28. The topological polar surface area (TPSA) is 83.0 Å². The zero-order valence-electron chi connectivity index (χ0n) is 19.1. The summed E-state index contributed by atoms with van der Waals surface area (Å²) in [7, 11) is 1.57. The molecule has 4 rings (SSSR count). The Hall–Kier alpha value is -3.39. The van der Waals surface area contributed by atoms with E-state index in [4.69, 9.17) is 18.9 Å². The minimum Gasteiger partial charge on any atom is -0.496 e. The van der Waals surface area contributed by atoms with Crippen molar-refractivity contribution in [1.29, 1.82) is 0 Å². The number of aromatic nitrogens is 1. The average Bonchev–Trinajstić information content (AvgIpc) is 3.35.